The van der Waals surface area contributed by atoms with Crippen molar-refractivity contribution in [3.63, 3.8) is 0 Å². The Hall–Kier alpha value is -4.37. The van der Waals surface area contributed by atoms with Crippen LogP contribution in [0.5, 0.6) is 0 Å². The molecule has 53 heavy (non-hydrogen) atoms. The predicted molar refractivity (Wildman–Crippen MR) is 204 cm³/mol. The highest BCUT2D eigenvalue weighted by Gasteiger charge is 2.45. The molecule has 14 heteroatoms. The Kier molecular flexibility index (Phi) is 13.8. The second-order valence-corrected chi connectivity index (χ2v) is 17.4. The molecule has 4 rings (SSSR count). The summed E-state index contributed by atoms with van der Waals surface area (Å²) in [5.74, 6) is -1.00. The summed E-state index contributed by atoms with van der Waals surface area (Å²) in [7, 11) is -2.65. The van der Waals surface area contributed by atoms with E-state index in [-0.39, 0.29) is 25.9 Å². The summed E-state index contributed by atoms with van der Waals surface area (Å²) in [4.78, 5) is 44.7. The number of ether oxygens (including phenoxy) is 1. The van der Waals surface area contributed by atoms with Gasteiger partial charge >= 0.3 is 6.09 Å². The molecule has 2 aromatic carbocycles. The second kappa shape index (κ2) is 17.6. The number of nitrogens with one attached hydrogen (secondary N) is 4. The van der Waals surface area contributed by atoms with Crippen LogP contribution in [0.1, 0.15) is 59.1 Å². The van der Waals surface area contributed by atoms with Crippen molar-refractivity contribution in [3.8, 4) is 11.3 Å². The van der Waals surface area contributed by atoms with Crippen LogP contribution in [0.2, 0.25) is 0 Å². The maximum atomic E-state index is 14.1. The van der Waals surface area contributed by atoms with Gasteiger partial charge in [-0.3, -0.25) is 14.6 Å². The molecule has 0 radical (unpaired) electrons. The van der Waals surface area contributed by atoms with Crippen LogP contribution in [0.15, 0.2) is 79.0 Å². The van der Waals surface area contributed by atoms with E-state index >= 15 is 0 Å². The van der Waals surface area contributed by atoms with Gasteiger partial charge in [-0.05, 0) is 53.4 Å². The number of amides is 3. The highest BCUT2D eigenvalue weighted by molar-refractivity contribution is 7.87. The average molecular weight is 751 g/mol. The van der Waals surface area contributed by atoms with Gasteiger partial charge in [0, 0.05) is 30.9 Å². The van der Waals surface area contributed by atoms with Crippen molar-refractivity contribution >= 4 is 28.1 Å². The van der Waals surface area contributed by atoms with Crippen molar-refractivity contribution in [3.05, 3.63) is 90.1 Å². The third-order valence-corrected chi connectivity index (χ3v) is 10.8. The van der Waals surface area contributed by atoms with Crippen molar-refractivity contribution in [2.45, 2.75) is 91.1 Å². The average Bonchev–Trinajstić information content (AvgIpc) is 3.44. The molecule has 5 atom stereocenters. The molecule has 1 aliphatic heterocycles. The van der Waals surface area contributed by atoms with Crippen LogP contribution in [-0.2, 0) is 37.4 Å². The number of hydrogen-bond donors (Lipinski definition) is 5. The third kappa shape index (κ3) is 11.6. The fraction of sp³-hybridized carbons (Fsp3) is 0.487. The zero-order valence-electron chi connectivity index (χ0n) is 31.6. The summed E-state index contributed by atoms with van der Waals surface area (Å²) in [6.07, 6.45) is 0.353. The van der Waals surface area contributed by atoms with Crippen molar-refractivity contribution in [2.75, 3.05) is 20.2 Å². The van der Waals surface area contributed by atoms with Gasteiger partial charge in [0.15, 0.2) is 0 Å². The topological polar surface area (TPSA) is 179 Å². The van der Waals surface area contributed by atoms with Crippen molar-refractivity contribution < 1.29 is 32.6 Å². The fourth-order valence-electron chi connectivity index (χ4n) is 6.54. The van der Waals surface area contributed by atoms with Gasteiger partial charge in [0.1, 0.15) is 12.1 Å². The van der Waals surface area contributed by atoms with E-state index in [0.29, 0.717) is 6.42 Å². The van der Waals surface area contributed by atoms with Crippen molar-refractivity contribution in [1.82, 2.24) is 30.0 Å². The lowest BCUT2D eigenvalue weighted by molar-refractivity contribution is -0.130. The van der Waals surface area contributed by atoms with E-state index in [9.17, 15) is 27.9 Å². The Balaban J connectivity index is 1.66. The van der Waals surface area contributed by atoms with Gasteiger partial charge in [-0.1, -0.05) is 102 Å². The molecule has 0 bridgehead atoms. The maximum absolute atomic E-state index is 14.1. The van der Waals surface area contributed by atoms with E-state index in [1.54, 1.807) is 27.0 Å². The largest absolute Gasteiger partial charge is 0.453 e. The van der Waals surface area contributed by atoms with Crippen LogP contribution in [0.4, 0.5) is 4.79 Å². The first-order valence-corrected chi connectivity index (χ1v) is 19.3. The molecular weight excluding hydrogens is 697 g/mol. The summed E-state index contributed by atoms with van der Waals surface area (Å²) in [5.41, 5.74) is 1.98. The number of rotatable bonds is 14. The van der Waals surface area contributed by atoms with E-state index in [2.05, 4.69) is 25.7 Å². The number of aromatic nitrogens is 1. The molecule has 5 N–H and O–H groups in total. The molecule has 0 unspecified atom stereocenters. The molecule has 1 aliphatic rings. The van der Waals surface area contributed by atoms with Gasteiger partial charge in [-0.25, -0.2) is 9.52 Å². The quantitative estimate of drug-likeness (QED) is 0.166. The summed E-state index contributed by atoms with van der Waals surface area (Å²) in [6, 6.07) is 19.2. The summed E-state index contributed by atoms with van der Waals surface area (Å²) >= 11 is 0. The van der Waals surface area contributed by atoms with E-state index in [1.807, 2.05) is 93.6 Å². The summed E-state index contributed by atoms with van der Waals surface area (Å²) in [6.45, 7) is 11.2. The van der Waals surface area contributed by atoms with Crippen LogP contribution in [0.3, 0.4) is 0 Å². The number of aliphatic hydroxyl groups is 1. The van der Waals surface area contributed by atoms with E-state index in [0.717, 1.165) is 22.4 Å². The van der Waals surface area contributed by atoms with Gasteiger partial charge in [0.25, 0.3) is 10.2 Å². The van der Waals surface area contributed by atoms with Crippen molar-refractivity contribution in [2.24, 2.45) is 10.8 Å². The zero-order valence-corrected chi connectivity index (χ0v) is 32.4. The lowest BCUT2D eigenvalue weighted by Gasteiger charge is -2.37. The molecule has 3 aromatic rings. The smallest absolute Gasteiger partial charge is 0.407 e. The Morgan fingerprint density at radius 3 is 2.04 bits per heavy atom. The third-order valence-electron chi connectivity index (χ3n) is 9.22. The van der Waals surface area contributed by atoms with Crippen LogP contribution in [-0.4, -0.2) is 91.2 Å². The van der Waals surface area contributed by atoms with Crippen LogP contribution < -0.4 is 20.7 Å². The molecule has 1 saturated heterocycles. The van der Waals surface area contributed by atoms with Gasteiger partial charge in [-0.15, -0.1) is 0 Å². The highest BCUT2D eigenvalue weighted by Crippen LogP contribution is 2.29. The van der Waals surface area contributed by atoms with Crippen LogP contribution >= 0.6 is 0 Å². The molecule has 2 heterocycles. The van der Waals surface area contributed by atoms with Gasteiger partial charge < -0.3 is 25.8 Å². The summed E-state index contributed by atoms with van der Waals surface area (Å²) < 4.78 is 34.3. The van der Waals surface area contributed by atoms with Crippen molar-refractivity contribution in [1.29, 1.82) is 0 Å². The Bertz CT molecular complexity index is 1780. The van der Waals surface area contributed by atoms with E-state index in [4.69, 9.17) is 4.74 Å². The lowest BCUT2D eigenvalue weighted by atomic mass is 9.85. The molecule has 288 valence electrons. The fourth-order valence-corrected chi connectivity index (χ4v) is 8.08. The van der Waals surface area contributed by atoms with E-state index in [1.165, 1.54) is 11.4 Å². The molecule has 0 aliphatic carbocycles. The molecule has 1 aromatic heterocycles. The maximum Gasteiger partial charge on any atom is 0.407 e. The SMILES string of the molecule is COC(=O)N[C@H](C(=O)N[C@H](Cc1ccc(-c2ccccn2)cc1)C[C@H](O)[C@H](Cc1ccccc1)NC(=O)[C@@H](N1CCNS1(=O)=O)C(C)(C)C)C(C)(C)C. The number of methoxy groups -OCH3 is 1. The number of carbonyl (C=O) groups excluding carboxylic acids is 3. The van der Waals surface area contributed by atoms with Gasteiger partial charge in [0.05, 0.1) is 24.9 Å². The number of pyridine rings is 1. The predicted octanol–water partition coefficient (Wildman–Crippen LogP) is 3.59. The number of carbonyl (C=O) groups is 3. The summed E-state index contributed by atoms with van der Waals surface area (Å²) in [5, 5.41) is 20.7. The monoisotopic (exact) mass is 750 g/mol. The number of nitrogens with zero attached hydrogens (tertiary/aromatic N) is 2. The van der Waals surface area contributed by atoms with Crippen LogP contribution in [0.25, 0.3) is 11.3 Å². The minimum atomic E-state index is -3.88. The number of aliphatic hydroxyl groups excluding tert-OH is 1. The van der Waals surface area contributed by atoms with Gasteiger partial charge in [0.2, 0.25) is 11.8 Å². The van der Waals surface area contributed by atoms with Crippen LogP contribution in [0, 0.1) is 10.8 Å². The molecule has 13 nitrogen and oxygen atoms in total. The first-order valence-electron chi connectivity index (χ1n) is 17.8. The minimum Gasteiger partial charge on any atom is -0.453 e. The highest BCUT2D eigenvalue weighted by atomic mass is 32.2. The Morgan fingerprint density at radius 1 is 0.849 bits per heavy atom. The second-order valence-electron chi connectivity index (χ2n) is 15.6. The first kappa shape index (κ1) is 41.4. The van der Waals surface area contributed by atoms with E-state index < -0.39 is 69.2 Å². The molecule has 0 spiro atoms. The lowest BCUT2D eigenvalue weighted by Crippen LogP contribution is -2.59. The number of benzene rings is 2. The molecule has 1 fully saturated rings. The zero-order chi connectivity index (χ0) is 39.0. The van der Waals surface area contributed by atoms with Gasteiger partial charge in [-0.2, -0.15) is 12.7 Å². The first-order chi connectivity index (χ1) is 24.9. The number of alkyl carbamates (subject to hydrolysis) is 1. The number of hydrogen-bond acceptors (Lipinski definition) is 8. The molecule has 3 amide bonds. The standard InChI is InChI=1S/C39H54N6O7S/c1-38(2,3)33(44-37(49)52-7)35(47)42-29(23-27-16-18-28(19-17-27)30-15-11-12-20-40-30)25-32(46)31(24-26-13-9-8-10-14-26)43-36(48)34(39(4,5)6)45-22-21-41-53(45,50)51/h8-20,29,31-34,41,46H,21-25H2,1-7H3,(H,42,47)(H,43,48)(H,44,49)/t29-,31+,32+,33-,34-/m1/s1. The normalized spacial score (nSPS) is 17.5. The molecular formula is C39H54N6O7S. The Labute approximate surface area is 313 Å². The Morgan fingerprint density at radius 2 is 1.49 bits per heavy atom. The molecule has 0 saturated carbocycles. The minimum absolute atomic E-state index is 0.0182.